The van der Waals surface area contributed by atoms with E-state index in [1.165, 1.54) is 7.11 Å². The summed E-state index contributed by atoms with van der Waals surface area (Å²) >= 11 is 0. The molecule has 2 aromatic rings. The average molecular weight is 315 g/mol. The Hall–Kier alpha value is -3.02. The molecule has 0 saturated heterocycles. The molecule has 0 heterocycles. The summed E-state index contributed by atoms with van der Waals surface area (Å²) in [6.45, 7) is 1.73. The van der Waals surface area contributed by atoms with Gasteiger partial charge in [0.1, 0.15) is 18.0 Å². The maximum Gasteiger partial charge on any atom is 0.412 e. The second-order valence-corrected chi connectivity index (χ2v) is 4.83. The topological polar surface area (TPSA) is 84.9 Å². The van der Waals surface area contributed by atoms with Gasteiger partial charge in [0.2, 0.25) is 0 Å². The Morgan fingerprint density at radius 1 is 1.13 bits per heavy atom. The van der Waals surface area contributed by atoms with Crippen molar-refractivity contribution in [1.82, 2.24) is 0 Å². The number of benzene rings is 2. The van der Waals surface area contributed by atoms with E-state index in [9.17, 15) is 14.7 Å². The second-order valence-electron chi connectivity index (χ2n) is 4.83. The molecule has 6 heteroatoms. The molecule has 0 aromatic heterocycles. The molecule has 0 aliphatic rings. The van der Waals surface area contributed by atoms with Crippen LogP contribution in [0.15, 0.2) is 42.5 Å². The van der Waals surface area contributed by atoms with Gasteiger partial charge < -0.3 is 14.6 Å². The summed E-state index contributed by atoms with van der Waals surface area (Å²) in [6.07, 6.45) is -0.750. The van der Waals surface area contributed by atoms with Crippen LogP contribution in [0.4, 0.5) is 10.5 Å². The largest absolute Gasteiger partial charge is 0.495 e. The van der Waals surface area contributed by atoms with E-state index in [1.54, 1.807) is 19.1 Å². The van der Waals surface area contributed by atoms with Gasteiger partial charge in [0.05, 0.1) is 12.7 Å². The quantitative estimate of drug-likeness (QED) is 0.882. The number of amides is 1. The highest BCUT2D eigenvalue weighted by atomic mass is 16.5. The van der Waals surface area contributed by atoms with Gasteiger partial charge >= 0.3 is 12.1 Å². The zero-order chi connectivity index (χ0) is 16.8. The number of carbonyl (C=O) groups is 2. The SMILES string of the molecule is COc1ccc(C)c(C(=O)O)c1NC(=O)OCc1ccccc1. The molecule has 23 heavy (non-hydrogen) atoms. The molecule has 0 spiro atoms. The summed E-state index contributed by atoms with van der Waals surface area (Å²) in [5.41, 5.74) is 1.40. The normalized spacial score (nSPS) is 10.0. The molecule has 2 N–H and O–H groups in total. The Morgan fingerprint density at radius 2 is 1.83 bits per heavy atom. The molecular weight excluding hydrogens is 298 g/mol. The number of hydrogen-bond donors (Lipinski definition) is 2. The van der Waals surface area contributed by atoms with Crippen LogP contribution < -0.4 is 10.1 Å². The first-order valence-electron chi connectivity index (χ1n) is 6.91. The number of ether oxygens (including phenoxy) is 2. The monoisotopic (exact) mass is 315 g/mol. The van der Waals surface area contributed by atoms with E-state index in [0.717, 1.165) is 5.56 Å². The van der Waals surface area contributed by atoms with Crippen molar-refractivity contribution in [2.45, 2.75) is 13.5 Å². The highest BCUT2D eigenvalue weighted by Gasteiger charge is 2.20. The number of rotatable bonds is 5. The smallest absolute Gasteiger partial charge is 0.412 e. The predicted octanol–water partition coefficient (Wildman–Crippen LogP) is 3.45. The molecule has 0 bridgehead atoms. The van der Waals surface area contributed by atoms with Crippen molar-refractivity contribution < 1.29 is 24.2 Å². The molecular formula is C17H17NO5. The van der Waals surface area contributed by atoms with Crippen molar-refractivity contribution >= 4 is 17.7 Å². The van der Waals surface area contributed by atoms with Gasteiger partial charge in [-0.3, -0.25) is 5.32 Å². The first kappa shape index (κ1) is 16.4. The lowest BCUT2D eigenvalue weighted by Gasteiger charge is -2.15. The minimum absolute atomic E-state index is 0.0268. The van der Waals surface area contributed by atoms with Crippen LogP contribution in [0.5, 0.6) is 5.75 Å². The van der Waals surface area contributed by atoms with Gasteiger partial charge in [-0.1, -0.05) is 36.4 Å². The summed E-state index contributed by atoms with van der Waals surface area (Å²) in [7, 11) is 1.40. The molecule has 0 atom stereocenters. The number of aromatic carboxylic acids is 1. The highest BCUT2D eigenvalue weighted by Crippen LogP contribution is 2.31. The zero-order valence-corrected chi connectivity index (χ0v) is 12.8. The van der Waals surface area contributed by atoms with Gasteiger partial charge in [-0.25, -0.2) is 9.59 Å². The van der Waals surface area contributed by atoms with Crippen molar-refractivity contribution in [3.8, 4) is 5.75 Å². The number of aryl methyl sites for hydroxylation is 1. The van der Waals surface area contributed by atoms with Crippen molar-refractivity contribution in [2.24, 2.45) is 0 Å². The van der Waals surface area contributed by atoms with Gasteiger partial charge in [0.15, 0.2) is 0 Å². The number of hydrogen-bond acceptors (Lipinski definition) is 4. The zero-order valence-electron chi connectivity index (χ0n) is 12.8. The van der Waals surface area contributed by atoms with E-state index in [2.05, 4.69) is 5.32 Å². The van der Waals surface area contributed by atoms with Crippen molar-refractivity contribution in [2.75, 3.05) is 12.4 Å². The Labute approximate surface area is 133 Å². The van der Waals surface area contributed by atoms with Crippen LogP contribution in [-0.2, 0) is 11.3 Å². The summed E-state index contributed by atoms with van der Waals surface area (Å²) in [5.74, 6) is -0.899. The van der Waals surface area contributed by atoms with Gasteiger partial charge in [0.25, 0.3) is 0 Å². The number of carbonyl (C=O) groups excluding carboxylic acids is 1. The van der Waals surface area contributed by atoms with Crippen LogP contribution in [0.2, 0.25) is 0 Å². The fourth-order valence-corrected chi connectivity index (χ4v) is 2.12. The Morgan fingerprint density at radius 3 is 2.43 bits per heavy atom. The third-order valence-electron chi connectivity index (χ3n) is 3.25. The lowest BCUT2D eigenvalue weighted by atomic mass is 10.1. The maximum atomic E-state index is 12.0. The molecule has 2 rings (SSSR count). The Balaban J connectivity index is 2.16. The number of nitrogens with one attached hydrogen (secondary N) is 1. The molecule has 0 unspecified atom stereocenters. The van der Waals surface area contributed by atoms with Gasteiger partial charge in [-0.15, -0.1) is 0 Å². The molecule has 0 radical (unpaired) electrons. The van der Waals surface area contributed by atoms with Crippen molar-refractivity contribution in [3.05, 3.63) is 59.2 Å². The summed E-state index contributed by atoms with van der Waals surface area (Å²) in [5, 5.41) is 11.8. The molecule has 0 aliphatic heterocycles. The molecule has 6 nitrogen and oxygen atoms in total. The third-order valence-corrected chi connectivity index (χ3v) is 3.25. The maximum absolute atomic E-state index is 12.0. The summed E-state index contributed by atoms with van der Waals surface area (Å²) in [6, 6.07) is 12.4. The van der Waals surface area contributed by atoms with Crippen LogP contribution in [-0.4, -0.2) is 24.3 Å². The minimum Gasteiger partial charge on any atom is -0.495 e. The first-order valence-corrected chi connectivity index (χ1v) is 6.91. The standard InChI is InChI=1S/C17H17NO5/c1-11-8-9-13(22-2)15(14(11)16(19)20)18-17(21)23-10-12-6-4-3-5-7-12/h3-9H,10H2,1-2H3,(H,18,21)(H,19,20). The highest BCUT2D eigenvalue weighted by molar-refractivity contribution is 6.02. The van der Waals surface area contributed by atoms with Crippen LogP contribution in [0, 0.1) is 6.92 Å². The number of anilines is 1. The Bertz CT molecular complexity index is 712. The van der Waals surface area contributed by atoms with Crippen LogP contribution in [0.1, 0.15) is 21.5 Å². The van der Waals surface area contributed by atoms with E-state index < -0.39 is 12.1 Å². The molecule has 0 saturated carbocycles. The number of carboxylic acids is 1. The fourth-order valence-electron chi connectivity index (χ4n) is 2.12. The van der Waals surface area contributed by atoms with Gasteiger partial charge in [-0.2, -0.15) is 0 Å². The fraction of sp³-hybridized carbons (Fsp3) is 0.176. The lowest BCUT2D eigenvalue weighted by molar-refractivity contribution is 0.0697. The van der Waals surface area contributed by atoms with E-state index in [1.807, 2.05) is 30.3 Å². The molecule has 0 fully saturated rings. The average Bonchev–Trinajstić information content (AvgIpc) is 2.54. The van der Waals surface area contributed by atoms with Gasteiger partial charge in [-0.05, 0) is 24.1 Å². The molecule has 1 amide bonds. The first-order chi connectivity index (χ1) is 11.0. The van der Waals surface area contributed by atoms with E-state index >= 15 is 0 Å². The third kappa shape index (κ3) is 4.00. The summed E-state index contributed by atoms with van der Waals surface area (Å²) < 4.78 is 10.2. The number of carboxylic acid groups (broad SMARTS) is 1. The molecule has 2 aromatic carbocycles. The van der Waals surface area contributed by atoms with Gasteiger partial charge in [0, 0.05) is 0 Å². The minimum atomic E-state index is -1.15. The van der Waals surface area contributed by atoms with E-state index in [0.29, 0.717) is 5.56 Å². The van der Waals surface area contributed by atoms with Crippen LogP contribution >= 0.6 is 0 Å². The van der Waals surface area contributed by atoms with E-state index in [-0.39, 0.29) is 23.6 Å². The van der Waals surface area contributed by atoms with Crippen LogP contribution in [0.3, 0.4) is 0 Å². The second kappa shape index (κ2) is 7.31. The van der Waals surface area contributed by atoms with Crippen LogP contribution in [0.25, 0.3) is 0 Å². The van der Waals surface area contributed by atoms with Crippen molar-refractivity contribution in [1.29, 1.82) is 0 Å². The Kier molecular flexibility index (Phi) is 5.19. The number of methoxy groups -OCH3 is 1. The summed E-state index contributed by atoms with van der Waals surface area (Å²) in [4.78, 5) is 23.4. The molecule has 120 valence electrons. The van der Waals surface area contributed by atoms with E-state index in [4.69, 9.17) is 9.47 Å². The van der Waals surface area contributed by atoms with Crippen molar-refractivity contribution in [3.63, 3.8) is 0 Å². The molecule has 0 aliphatic carbocycles. The predicted molar refractivity (Wildman–Crippen MR) is 84.9 cm³/mol. The lowest BCUT2D eigenvalue weighted by Crippen LogP contribution is -2.17.